The summed E-state index contributed by atoms with van der Waals surface area (Å²) in [5.41, 5.74) is 1.07. The Hall–Kier alpha value is -0.700. The van der Waals surface area contributed by atoms with Crippen molar-refractivity contribution in [1.29, 1.82) is 0 Å². The van der Waals surface area contributed by atoms with Crippen LogP contribution in [0.25, 0.3) is 0 Å². The standard InChI is InChI=1S/C10H16O2S.C2H6/c1-4-6-8(5-2)9(13-3)7-10(11)12;1-2/h5H,2,4,6-7H2,1,3H3,(H,11,12);1-2H3/b9-8+;. The molecule has 0 fully saturated rings. The van der Waals surface area contributed by atoms with Gasteiger partial charge in [0.2, 0.25) is 0 Å². The maximum atomic E-state index is 10.5. The molecule has 0 saturated heterocycles. The van der Waals surface area contributed by atoms with Crippen LogP contribution < -0.4 is 0 Å². The summed E-state index contributed by atoms with van der Waals surface area (Å²) in [7, 11) is 0. The van der Waals surface area contributed by atoms with E-state index < -0.39 is 5.97 Å². The Morgan fingerprint density at radius 3 is 2.27 bits per heavy atom. The predicted molar refractivity (Wildman–Crippen MR) is 69.2 cm³/mol. The van der Waals surface area contributed by atoms with E-state index in [4.69, 9.17) is 5.11 Å². The number of rotatable bonds is 6. The molecule has 0 aliphatic carbocycles. The lowest BCUT2D eigenvalue weighted by molar-refractivity contribution is -0.136. The molecular weight excluding hydrogens is 208 g/mol. The van der Waals surface area contributed by atoms with Gasteiger partial charge in [0.1, 0.15) is 0 Å². The second kappa shape index (κ2) is 11.4. The van der Waals surface area contributed by atoms with Crippen molar-refractivity contribution in [2.75, 3.05) is 6.26 Å². The predicted octanol–water partition coefficient (Wildman–Crippen LogP) is 4.09. The van der Waals surface area contributed by atoms with Crippen LogP contribution in [0.1, 0.15) is 40.0 Å². The van der Waals surface area contributed by atoms with Crippen molar-refractivity contribution in [3.63, 3.8) is 0 Å². The van der Waals surface area contributed by atoms with E-state index in [1.165, 1.54) is 11.8 Å². The van der Waals surface area contributed by atoms with Gasteiger partial charge in [-0.05, 0) is 23.2 Å². The molecule has 3 heteroatoms. The van der Waals surface area contributed by atoms with Crippen LogP contribution in [0.15, 0.2) is 23.1 Å². The zero-order valence-electron chi connectivity index (χ0n) is 10.2. The van der Waals surface area contributed by atoms with Crippen LogP contribution in [-0.2, 0) is 4.79 Å². The molecular formula is C12H22O2S. The molecule has 88 valence electrons. The van der Waals surface area contributed by atoms with Crippen LogP contribution in [0.5, 0.6) is 0 Å². The average Bonchev–Trinajstić information content (AvgIpc) is 2.25. The van der Waals surface area contributed by atoms with Gasteiger partial charge in [0.25, 0.3) is 0 Å². The van der Waals surface area contributed by atoms with E-state index in [-0.39, 0.29) is 6.42 Å². The number of aliphatic carboxylic acids is 1. The van der Waals surface area contributed by atoms with Crippen LogP contribution in [0, 0.1) is 0 Å². The molecule has 0 saturated carbocycles. The Morgan fingerprint density at radius 2 is 2.00 bits per heavy atom. The van der Waals surface area contributed by atoms with Crippen LogP contribution in [0.3, 0.4) is 0 Å². The molecule has 1 N–H and O–H groups in total. The van der Waals surface area contributed by atoms with Gasteiger partial charge in [-0.15, -0.1) is 11.8 Å². The fraction of sp³-hybridized carbons (Fsp3) is 0.583. The first-order valence-electron chi connectivity index (χ1n) is 5.25. The van der Waals surface area contributed by atoms with Gasteiger partial charge in [0.15, 0.2) is 0 Å². The van der Waals surface area contributed by atoms with Gasteiger partial charge in [-0.1, -0.05) is 39.8 Å². The monoisotopic (exact) mass is 230 g/mol. The van der Waals surface area contributed by atoms with Gasteiger partial charge in [-0.3, -0.25) is 4.79 Å². The number of carboxylic acid groups (broad SMARTS) is 1. The molecule has 0 aliphatic heterocycles. The lowest BCUT2D eigenvalue weighted by atomic mass is 10.1. The van der Waals surface area contributed by atoms with Crippen LogP contribution >= 0.6 is 11.8 Å². The minimum Gasteiger partial charge on any atom is -0.481 e. The van der Waals surface area contributed by atoms with E-state index in [0.29, 0.717) is 0 Å². The van der Waals surface area contributed by atoms with Gasteiger partial charge in [0.05, 0.1) is 6.42 Å². The summed E-state index contributed by atoms with van der Waals surface area (Å²) >= 11 is 1.50. The first-order chi connectivity index (χ1) is 7.15. The summed E-state index contributed by atoms with van der Waals surface area (Å²) in [6, 6.07) is 0. The zero-order chi connectivity index (χ0) is 12.3. The highest BCUT2D eigenvalue weighted by Gasteiger charge is 2.06. The van der Waals surface area contributed by atoms with E-state index in [2.05, 4.69) is 13.5 Å². The normalized spacial score (nSPS) is 10.9. The zero-order valence-corrected chi connectivity index (χ0v) is 11.0. The maximum absolute atomic E-state index is 10.5. The number of carbonyl (C=O) groups is 1. The van der Waals surface area contributed by atoms with Crippen molar-refractivity contribution in [2.24, 2.45) is 0 Å². The smallest absolute Gasteiger partial charge is 0.308 e. The lowest BCUT2D eigenvalue weighted by Gasteiger charge is -2.06. The average molecular weight is 230 g/mol. The first-order valence-corrected chi connectivity index (χ1v) is 6.48. The van der Waals surface area contributed by atoms with Crippen molar-refractivity contribution >= 4 is 17.7 Å². The summed E-state index contributed by atoms with van der Waals surface area (Å²) in [6.45, 7) is 9.76. The number of carboxylic acids is 1. The minimum absolute atomic E-state index is 0.114. The molecule has 0 spiro atoms. The Balaban J connectivity index is 0. The van der Waals surface area contributed by atoms with Crippen molar-refractivity contribution in [1.82, 2.24) is 0 Å². The highest BCUT2D eigenvalue weighted by molar-refractivity contribution is 8.02. The molecule has 15 heavy (non-hydrogen) atoms. The highest BCUT2D eigenvalue weighted by Crippen LogP contribution is 2.24. The van der Waals surface area contributed by atoms with E-state index >= 15 is 0 Å². The summed E-state index contributed by atoms with van der Waals surface area (Å²) in [5, 5.41) is 8.65. The van der Waals surface area contributed by atoms with Gasteiger partial charge < -0.3 is 5.11 Å². The van der Waals surface area contributed by atoms with E-state index in [0.717, 1.165) is 23.3 Å². The third-order valence-corrected chi connectivity index (χ3v) is 2.58. The molecule has 0 amide bonds. The van der Waals surface area contributed by atoms with Crippen molar-refractivity contribution in [3.05, 3.63) is 23.1 Å². The fourth-order valence-corrected chi connectivity index (χ4v) is 1.79. The van der Waals surface area contributed by atoms with Gasteiger partial charge in [-0.2, -0.15) is 0 Å². The summed E-state index contributed by atoms with van der Waals surface area (Å²) in [5.74, 6) is -0.778. The quantitative estimate of drug-likeness (QED) is 0.698. The van der Waals surface area contributed by atoms with Crippen molar-refractivity contribution in [3.8, 4) is 0 Å². The Bertz CT molecular complexity index is 220. The number of allylic oxidation sites excluding steroid dienone is 2. The molecule has 0 bridgehead atoms. The molecule has 0 atom stereocenters. The third-order valence-electron chi connectivity index (χ3n) is 1.68. The van der Waals surface area contributed by atoms with Gasteiger partial charge >= 0.3 is 5.97 Å². The molecule has 0 unspecified atom stereocenters. The molecule has 0 aromatic carbocycles. The number of hydrogen-bond donors (Lipinski definition) is 1. The molecule has 2 nitrogen and oxygen atoms in total. The summed E-state index contributed by atoms with van der Waals surface area (Å²) in [4.78, 5) is 11.4. The van der Waals surface area contributed by atoms with E-state index in [9.17, 15) is 4.79 Å². The van der Waals surface area contributed by atoms with Crippen LogP contribution in [0.2, 0.25) is 0 Å². The maximum Gasteiger partial charge on any atom is 0.308 e. The second-order valence-corrected chi connectivity index (χ2v) is 3.58. The van der Waals surface area contributed by atoms with Gasteiger partial charge in [0, 0.05) is 0 Å². The lowest BCUT2D eigenvalue weighted by Crippen LogP contribution is -1.97. The summed E-state index contributed by atoms with van der Waals surface area (Å²) < 4.78 is 0. The van der Waals surface area contributed by atoms with Gasteiger partial charge in [-0.25, -0.2) is 0 Å². The fourth-order valence-electron chi connectivity index (χ4n) is 1.08. The number of thioether (sulfide) groups is 1. The van der Waals surface area contributed by atoms with Crippen molar-refractivity contribution in [2.45, 2.75) is 40.0 Å². The number of hydrogen-bond acceptors (Lipinski definition) is 2. The van der Waals surface area contributed by atoms with Crippen LogP contribution in [-0.4, -0.2) is 17.3 Å². The minimum atomic E-state index is -0.778. The van der Waals surface area contributed by atoms with Crippen molar-refractivity contribution < 1.29 is 9.90 Å². The summed E-state index contributed by atoms with van der Waals surface area (Å²) in [6.07, 6.45) is 5.70. The Kier molecular flexibility index (Phi) is 12.7. The topological polar surface area (TPSA) is 37.3 Å². The molecule has 0 aliphatic rings. The molecule has 0 heterocycles. The first kappa shape index (κ1) is 16.7. The van der Waals surface area contributed by atoms with E-state index in [1.54, 1.807) is 6.08 Å². The molecule has 0 radical (unpaired) electrons. The molecule has 0 rings (SSSR count). The van der Waals surface area contributed by atoms with Crippen LogP contribution in [0.4, 0.5) is 0 Å². The molecule has 0 aromatic heterocycles. The Labute approximate surface area is 97.5 Å². The highest BCUT2D eigenvalue weighted by atomic mass is 32.2. The SMILES string of the molecule is C=C/C(CCC)=C(/CC(=O)O)SC.CC. The second-order valence-electron chi connectivity index (χ2n) is 2.68. The molecule has 0 aromatic rings. The Morgan fingerprint density at radius 1 is 1.47 bits per heavy atom. The largest absolute Gasteiger partial charge is 0.481 e. The third kappa shape index (κ3) is 8.30. The van der Waals surface area contributed by atoms with E-state index in [1.807, 2.05) is 20.1 Å².